The quantitative estimate of drug-likeness (QED) is 0.804. The first-order chi connectivity index (χ1) is 9.24. The van der Waals surface area contributed by atoms with Gasteiger partial charge in [0.2, 0.25) is 0 Å². The van der Waals surface area contributed by atoms with Crippen molar-refractivity contribution in [3.05, 3.63) is 54.0 Å². The lowest BCUT2D eigenvalue weighted by atomic mass is 10.2. The van der Waals surface area contributed by atoms with Crippen LogP contribution in [-0.4, -0.2) is 24.4 Å². The van der Waals surface area contributed by atoms with E-state index in [1.54, 1.807) is 6.26 Å². The van der Waals surface area contributed by atoms with E-state index in [1.807, 2.05) is 43.3 Å². The van der Waals surface area contributed by atoms with E-state index in [1.165, 1.54) is 5.56 Å². The molecule has 1 aromatic carbocycles. The van der Waals surface area contributed by atoms with E-state index >= 15 is 0 Å². The number of hydrogen-bond donors (Lipinski definition) is 2. The summed E-state index contributed by atoms with van der Waals surface area (Å²) in [7, 11) is 0. The zero-order valence-corrected chi connectivity index (χ0v) is 11.0. The van der Waals surface area contributed by atoms with E-state index < -0.39 is 6.10 Å². The summed E-state index contributed by atoms with van der Waals surface area (Å²) in [6.45, 7) is 3.16. The second-order valence-electron chi connectivity index (χ2n) is 4.50. The van der Waals surface area contributed by atoms with Crippen molar-refractivity contribution in [3.8, 4) is 0 Å². The highest BCUT2D eigenvalue weighted by atomic mass is 16.5. The normalized spacial score (nSPS) is 12.3. The second kappa shape index (κ2) is 6.97. The van der Waals surface area contributed by atoms with Gasteiger partial charge in [0.05, 0.1) is 19.0 Å². The summed E-state index contributed by atoms with van der Waals surface area (Å²) in [5, 5.41) is 12.9. The average Bonchev–Trinajstić information content (AvgIpc) is 2.91. The number of anilines is 1. The van der Waals surface area contributed by atoms with Crippen LogP contribution in [0.4, 0.5) is 5.69 Å². The van der Waals surface area contributed by atoms with Crippen molar-refractivity contribution in [2.24, 2.45) is 0 Å². The average molecular weight is 261 g/mol. The lowest BCUT2D eigenvalue weighted by Crippen LogP contribution is -2.24. The number of benzene rings is 1. The summed E-state index contributed by atoms with van der Waals surface area (Å²) in [6, 6.07) is 11.7. The molecule has 1 heterocycles. The molecule has 0 fully saturated rings. The van der Waals surface area contributed by atoms with E-state index in [-0.39, 0.29) is 6.61 Å². The van der Waals surface area contributed by atoms with Crippen LogP contribution in [0, 0.1) is 6.92 Å². The van der Waals surface area contributed by atoms with Crippen molar-refractivity contribution in [2.45, 2.75) is 19.6 Å². The predicted molar refractivity (Wildman–Crippen MR) is 74.0 cm³/mol. The second-order valence-corrected chi connectivity index (χ2v) is 4.50. The van der Waals surface area contributed by atoms with Crippen LogP contribution in [0.3, 0.4) is 0 Å². The Morgan fingerprint density at radius 2 is 2.05 bits per heavy atom. The Hall–Kier alpha value is -1.78. The molecule has 0 aliphatic carbocycles. The Kier molecular flexibility index (Phi) is 5.01. The van der Waals surface area contributed by atoms with Crippen molar-refractivity contribution < 1.29 is 14.3 Å². The molecule has 0 saturated heterocycles. The lowest BCUT2D eigenvalue weighted by Gasteiger charge is -2.13. The molecule has 0 radical (unpaired) electrons. The zero-order valence-electron chi connectivity index (χ0n) is 11.0. The molecule has 4 nitrogen and oxygen atoms in total. The van der Waals surface area contributed by atoms with Crippen LogP contribution in [0.1, 0.15) is 11.3 Å². The van der Waals surface area contributed by atoms with E-state index in [4.69, 9.17) is 9.15 Å². The third-order valence-electron chi connectivity index (χ3n) is 2.73. The van der Waals surface area contributed by atoms with Crippen LogP contribution in [0.15, 0.2) is 47.1 Å². The molecule has 0 aliphatic heterocycles. The van der Waals surface area contributed by atoms with Crippen LogP contribution >= 0.6 is 0 Å². The van der Waals surface area contributed by atoms with Gasteiger partial charge >= 0.3 is 0 Å². The highest BCUT2D eigenvalue weighted by Gasteiger charge is 2.05. The standard InChI is InChI=1S/C15H19NO3/c1-12-4-6-13(7-5-12)16-9-14(17)10-18-11-15-3-2-8-19-15/h2-8,14,16-17H,9-11H2,1H3. The van der Waals surface area contributed by atoms with Crippen molar-refractivity contribution >= 4 is 5.69 Å². The van der Waals surface area contributed by atoms with Gasteiger partial charge in [-0.1, -0.05) is 17.7 Å². The number of hydrogen-bond acceptors (Lipinski definition) is 4. The van der Waals surface area contributed by atoms with Gasteiger partial charge in [-0.2, -0.15) is 0 Å². The van der Waals surface area contributed by atoms with E-state index in [2.05, 4.69) is 5.32 Å². The third kappa shape index (κ3) is 4.77. The summed E-state index contributed by atoms with van der Waals surface area (Å²) in [5.41, 5.74) is 2.21. The van der Waals surface area contributed by atoms with Crippen LogP contribution in [0.2, 0.25) is 0 Å². The van der Waals surface area contributed by atoms with Gasteiger partial charge in [0, 0.05) is 12.2 Å². The first-order valence-corrected chi connectivity index (χ1v) is 6.33. The number of aliphatic hydroxyl groups is 1. The van der Waals surface area contributed by atoms with E-state index in [0.29, 0.717) is 13.2 Å². The Morgan fingerprint density at radius 1 is 1.26 bits per heavy atom. The van der Waals surface area contributed by atoms with Gasteiger partial charge in [0.1, 0.15) is 12.4 Å². The van der Waals surface area contributed by atoms with Gasteiger partial charge in [-0.15, -0.1) is 0 Å². The molecule has 0 amide bonds. The first kappa shape index (κ1) is 13.6. The maximum absolute atomic E-state index is 9.78. The number of rotatable bonds is 7. The maximum atomic E-state index is 9.78. The number of aryl methyl sites for hydroxylation is 1. The van der Waals surface area contributed by atoms with Crippen LogP contribution in [-0.2, 0) is 11.3 Å². The van der Waals surface area contributed by atoms with Crippen molar-refractivity contribution in [2.75, 3.05) is 18.5 Å². The minimum atomic E-state index is -0.545. The summed E-state index contributed by atoms with van der Waals surface area (Å²) in [4.78, 5) is 0. The topological polar surface area (TPSA) is 54.6 Å². The van der Waals surface area contributed by atoms with E-state index in [9.17, 15) is 5.11 Å². The fourth-order valence-corrected chi connectivity index (χ4v) is 1.66. The van der Waals surface area contributed by atoms with Gasteiger partial charge in [-0.3, -0.25) is 0 Å². The summed E-state index contributed by atoms with van der Waals surface area (Å²) >= 11 is 0. The smallest absolute Gasteiger partial charge is 0.129 e. The molecule has 0 bridgehead atoms. The van der Waals surface area contributed by atoms with Gasteiger partial charge < -0.3 is 19.6 Å². The molecule has 1 atom stereocenters. The molecule has 4 heteroatoms. The molecule has 0 spiro atoms. The number of furan rings is 1. The van der Waals surface area contributed by atoms with Crippen LogP contribution in [0.25, 0.3) is 0 Å². The van der Waals surface area contributed by atoms with Gasteiger partial charge in [0.25, 0.3) is 0 Å². The first-order valence-electron chi connectivity index (χ1n) is 6.33. The molecule has 1 aromatic heterocycles. The molecule has 2 rings (SSSR count). The van der Waals surface area contributed by atoms with Crippen LogP contribution < -0.4 is 5.32 Å². The van der Waals surface area contributed by atoms with Crippen LogP contribution in [0.5, 0.6) is 0 Å². The Morgan fingerprint density at radius 3 is 2.74 bits per heavy atom. The zero-order chi connectivity index (χ0) is 13.5. The molecule has 19 heavy (non-hydrogen) atoms. The Labute approximate surface area is 113 Å². The van der Waals surface area contributed by atoms with Crippen molar-refractivity contribution in [1.29, 1.82) is 0 Å². The molecule has 0 saturated carbocycles. The monoisotopic (exact) mass is 261 g/mol. The van der Waals surface area contributed by atoms with E-state index in [0.717, 1.165) is 11.4 Å². The molecule has 0 aliphatic rings. The fourth-order valence-electron chi connectivity index (χ4n) is 1.66. The Bertz CT molecular complexity index is 465. The molecule has 2 aromatic rings. The minimum Gasteiger partial charge on any atom is -0.467 e. The maximum Gasteiger partial charge on any atom is 0.129 e. The molecule has 1 unspecified atom stereocenters. The molecule has 102 valence electrons. The van der Waals surface area contributed by atoms with Crippen molar-refractivity contribution in [3.63, 3.8) is 0 Å². The summed E-state index contributed by atoms with van der Waals surface area (Å²) in [5.74, 6) is 0.763. The molecular weight excluding hydrogens is 242 g/mol. The summed E-state index contributed by atoms with van der Waals surface area (Å²) in [6.07, 6.45) is 1.06. The number of ether oxygens (including phenoxy) is 1. The lowest BCUT2D eigenvalue weighted by molar-refractivity contribution is 0.0282. The van der Waals surface area contributed by atoms with Gasteiger partial charge in [-0.05, 0) is 31.2 Å². The SMILES string of the molecule is Cc1ccc(NCC(O)COCc2ccco2)cc1. The number of aliphatic hydroxyl groups excluding tert-OH is 1. The largest absolute Gasteiger partial charge is 0.467 e. The van der Waals surface area contributed by atoms with Gasteiger partial charge in [0.15, 0.2) is 0 Å². The Balaban J connectivity index is 1.64. The molecular formula is C15H19NO3. The highest BCUT2D eigenvalue weighted by molar-refractivity contribution is 5.44. The highest BCUT2D eigenvalue weighted by Crippen LogP contribution is 2.08. The minimum absolute atomic E-state index is 0.277. The van der Waals surface area contributed by atoms with Crippen molar-refractivity contribution in [1.82, 2.24) is 0 Å². The molecule has 2 N–H and O–H groups in total. The van der Waals surface area contributed by atoms with Gasteiger partial charge in [-0.25, -0.2) is 0 Å². The predicted octanol–water partition coefficient (Wildman–Crippen LogP) is 2.58. The summed E-state index contributed by atoms with van der Waals surface area (Å²) < 4.78 is 10.5. The number of nitrogens with one attached hydrogen (secondary N) is 1. The fraction of sp³-hybridized carbons (Fsp3) is 0.333. The third-order valence-corrected chi connectivity index (χ3v) is 2.73.